The number of carbonyl (C=O) groups excluding carboxylic acids is 2. The molecule has 0 bridgehead atoms. The minimum atomic E-state index is -0.576. The number of aryl methyl sites for hydroxylation is 1. The third-order valence-electron chi connectivity index (χ3n) is 5.46. The van der Waals surface area contributed by atoms with Crippen molar-refractivity contribution in [2.75, 3.05) is 13.1 Å². The summed E-state index contributed by atoms with van der Waals surface area (Å²) in [5.74, 6) is 0.00519. The van der Waals surface area contributed by atoms with Gasteiger partial charge in [0.05, 0.1) is 12.1 Å². The van der Waals surface area contributed by atoms with E-state index < -0.39 is 6.10 Å². The molecule has 1 aliphatic carbocycles. The molecule has 5 nitrogen and oxygen atoms in total. The SMILES string of the molecule is O=C(CCc1cccc(Cl)c1)N[C@@H]1C[C@@H](C(=O)N2CCCC2)CC[C@H]1O. The maximum Gasteiger partial charge on any atom is 0.225 e. The van der Waals surface area contributed by atoms with Crippen LogP contribution in [0.1, 0.15) is 44.1 Å². The lowest BCUT2D eigenvalue weighted by Gasteiger charge is -2.34. The molecule has 2 aliphatic rings. The highest BCUT2D eigenvalue weighted by Gasteiger charge is 2.36. The second-order valence-electron chi connectivity index (χ2n) is 7.41. The molecule has 142 valence electrons. The Hall–Kier alpha value is -1.59. The molecule has 1 saturated carbocycles. The van der Waals surface area contributed by atoms with Gasteiger partial charge in [0.25, 0.3) is 0 Å². The van der Waals surface area contributed by atoms with Crippen molar-refractivity contribution in [3.8, 4) is 0 Å². The predicted molar refractivity (Wildman–Crippen MR) is 101 cm³/mol. The van der Waals surface area contributed by atoms with E-state index in [-0.39, 0.29) is 23.8 Å². The monoisotopic (exact) mass is 378 g/mol. The van der Waals surface area contributed by atoms with Crippen LogP contribution in [0.15, 0.2) is 24.3 Å². The molecule has 1 aromatic rings. The molecule has 6 heteroatoms. The normalized spacial score (nSPS) is 25.9. The van der Waals surface area contributed by atoms with Crippen molar-refractivity contribution in [2.24, 2.45) is 5.92 Å². The van der Waals surface area contributed by atoms with Crippen molar-refractivity contribution in [3.05, 3.63) is 34.9 Å². The Balaban J connectivity index is 1.50. The molecule has 3 atom stereocenters. The Kier molecular flexibility index (Phi) is 6.54. The number of rotatable bonds is 5. The number of likely N-dealkylation sites (tertiary alicyclic amines) is 1. The number of carbonyl (C=O) groups is 2. The summed E-state index contributed by atoms with van der Waals surface area (Å²) >= 11 is 5.96. The molecule has 26 heavy (non-hydrogen) atoms. The van der Waals surface area contributed by atoms with Gasteiger partial charge in [0.1, 0.15) is 0 Å². The summed E-state index contributed by atoms with van der Waals surface area (Å²) in [6.07, 6.45) is 4.30. The number of nitrogens with one attached hydrogen (secondary N) is 1. The molecule has 1 aromatic carbocycles. The standard InChI is InChI=1S/C20H27ClN2O3/c21-16-5-3-4-14(12-16)6-9-19(25)22-17-13-15(7-8-18(17)24)20(26)23-10-1-2-11-23/h3-5,12,15,17-18,24H,1-2,6-11,13H2,(H,22,25)/t15-,17+,18+/m0/s1. The number of amides is 2. The van der Waals surface area contributed by atoms with E-state index in [1.54, 1.807) is 6.07 Å². The summed E-state index contributed by atoms with van der Waals surface area (Å²) in [7, 11) is 0. The Morgan fingerprint density at radius 3 is 2.73 bits per heavy atom. The van der Waals surface area contributed by atoms with Crippen LogP contribution in [-0.4, -0.2) is 47.1 Å². The fourth-order valence-corrected chi connectivity index (χ4v) is 4.17. The number of hydrogen-bond acceptors (Lipinski definition) is 3. The second-order valence-corrected chi connectivity index (χ2v) is 7.85. The number of hydrogen-bond donors (Lipinski definition) is 2. The van der Waals surface area contributed by atoms with Gasteiger partial charge in [-0.25, -0.2) is 0 Å². The first-order valence-corrected chi connectivity index (χ1v) is 9.91. The summed E-state index contributed by atoms with van der Waals surface area (Å²) in [5, 5.41) is 13.8. The van der Waals surface area contributed by atoms with E-state index in [0.29, 0.717) is 37.1 Å². The minimum Gasteiger partial charge on any atom is -0.391 e. The molecule has 3 rings (SSSR count). The fourth-order valence-electron chi connectivity index (χ4n) is 3.96. The first kappa shape index (κ1) is 19.2. The molecule has 1 aliphatic heterocycles. The van der Waals surface area contributed by atoms with Crippen molar-refractivity contribution in [2.45, 2.75) is 57.1 Å². The second kappa shape index (κ2) is 8.87. The number of aliphatic hydroxyl groups is 1. The van der Waals surface area contributed by atoms with Gasteiger partial charge in [-0.15, -0.1) is 0 Å². The molecule has 2 amide bonds. The smallest absolute Gasteiger partial charge is 0.225 e. The topological polar surface area (TPSA) is 69.6 Å². The number of aliphatic hydroxyl groups excluding tert-OH is 1. The lowest BCUT2D eigenvalue weighted by atomic mass is 9.82. The summed E-state index contributed by atoms with van der Waals surface area (Å²) in [4.78, 5) is 26.8. The van der Waals surface area contributed by atoms with E-state index in [2.05, 4.69) is 5.32 Å². The Bertz CT molecular complexity index is 646. The molecule has 0 aromatic heterocycles. The van der Waals surface area contributed by atoms with Gasteiger partial charge < -0.3 is 15.3 Å². The summed E-state index contributed by atoms with van der Waals surface area (Å²) < 4.78 is 0. The van der Waals surface area contributed by atoms with Gasteiger partial charge in [-0.3, -0.25) is 9.59 Å². The average Bonchev–Trinajstić information content (AvgIpc) is 3.16. The summed E-state index contributed by atoms with van der Waals surface area (Å²) in [6.45, 7) is 1.68. The van der Waals surface area contributed by atoms with E-state index in [4.69, 9.17) is 11.6 Å². The third-order valence-corrected chi connectivity index (χ3v) is 5.69. The third kappa shape index (κ3) is 4.98. The Morgan fingerprint density at radius 2 is 2.00 bits per heavy atom. The van der Waals surface area contributed by atoms with E-state index in [9.17, 15) is 14.7 Å². The largest absolute Gasteiger partial charge is 0.391 e. The van der Waals surface area contributed by atoms with Crippen LogP contribution in [0.2, 0.25) is 5.02 Å². The van der Waals surface area contributed by atoms with E-state index in [1.807, 2.05) is 23.1 Å². The van der Waals surface area contributed by atoms with Gasteiger partial charge in [0.15, 0.2) is 0 Å². The first-order valence-electron chi connectivity index (χ1n) is 9.53. The number of benzene rings is 1. The molecular formula is C20H27ClN2O3. The quantitative estimate of drug-likeness (QED) is 0.827. The van der Waals surface area contributed by atoms with Gasteiger partial charge in [-0.1, -0.05) is 23.7 Å². The van der Waals surface area contributed by atoms with Crippen molar-refractivity contribution in [1.29, 1.82) is 0 Å². The zero-order valence-corrected chi connectivity index (χ0v) is 15.8. The molecule has 0 spiro atoms. The first-order chi connectivity index (χ1) is 12.5. The number of nitrogens with zero attached hydrogens (tertiary/aromatic N) is 1. The fraction of sp³-hybridized carbons (Fsp3) is 0.600. The van der Waals surface area contributed by atoms with Crippen molar-refractivity contribution in [3.63, 3.8) is 0 Å². The molecule has 2 N–H and O–H groups in total. The summed E-state index contributed by atoms with van der Waals surface area (Å²) in [6, 6.07) is 7.14. The van der Waals surface area contributed by atoms with Crippen LogP contribution in [0.4, 0.5) is 0 Å². The van der Waals surface area contributed by atoms with Crippen LogP contribution in [0.3, 0.4) is 0 Å². The molecule has 0 unspecified atom stereocenters. The molecule has 1 heterocycles. The Labute approximate surface area is 159 Å². The zero-order chi connectivity index (χ0) is 18.5. The predicted octanol–water partition coefficient (Wildman–Crippen LogP) is 2.54. The highest BCUT2D eigenvalue weighted by Crippen LogP contribution is 2.28. The van der Waals surface area contributed by atoms with Gasteiger partial charge in [-0.05, 0) is 56.2 Å². The van der Waals surface area contributed by atoms with Crippen LogP contribution in [0.5, 0.6) is 0 Å². The number of halogens is 1. The van der Waals surface area contributed by atoms with Crippen molar-refractivity contribution >= 4 is 23.4 Å². The van der Waals surface area contributed by atoms with E-state index in [0.717, 1.165) is 31.5 Å². The van der Waals surface area contributed by atoms with Gasteiger partial charge >= 0.3 is 0 Å². The Morgan fingerprint density at radius 1 is 1.23 bits per heavy atom. The van der Waals surface area contributed by atoms with Crippen LogP contribution in [0, 0.1) is 5.92 Å². The highest BCUT2D eigenvalue weighted by atomic mass is 35.5. The van der Waals surface area contributed by atoms with Crippen molar-refractivity contribution in [1.82, 2.24) is 10.2 Å². The lowest BCUT2D eigenvalue weighted by Crippen LogP contribution is -2.49. The van der Waals surface area contributed by atoms with Crippen LogP contribution in [-0.2, 0) is 16.0 Å². The highest BCUT2D eigenvalue weighted by molar-refractivity contribution is 6.30. The van der Waals surface area contributed by atoms with Crippen molar-refractivity contribution < 1.29 is 14.7 Å². The maximum absolute atomic E-state index is 12.6. The average molecular weight is 379 g/mol. The molecule has 1 saturated heterocycles. The van der Waals surface area contributed by atoms with Crippen LogP contribution >= 0.6 is 11.6 Å². The molecule has 0 radical (unpaired) electrons. The lowest BCUT2D eigenvalue weighted by molar-refractivity contribution is -0.137. The van der Waals surface area contributed by atoms with E-state index >= 15 is 0 Å². The summed E-state index contributed by atoms with van der Waals surface area (Å²) in [5.41, 5.74) is 1.01. The van der Waals surface area contributed by atoms with Gasteiger partial charge in [0.2, 0.25) is 11.8 Å². The van der Waals surface area contributed by atoms with Crippen LogP contribution in [0.25, 0.3) is 0 Å². The molecule has 2 fully saturated rings. The van der Waals surface area contributed by atoms with Gasteiger partial charge in [-0.2, -0.15) is 0 Å². The maximum atomic E-state index is 12.6. The minimum absolute atomic E-state index is 0.0882. The van der Waals surface area contributed by atoms with Gasteiger partial charge in [0, 0.05) is 30.5 Å². The van der Waals surface area contributed by atoms with E-state index in [1.165, 1.54) is 0 Å². The zero-order valence-electron chi connectivity index (χ0n) is 15.0. The molecular weight excluding hydrogens is 352 g/mol. The van der Waals surface area contributed by atoms with Crippen LogP contribution < -0.4 is 5.32 Å².